The van der Waals surface area contributed by atoms with Gasteiger partial charge in [-0.3, -0.25) is 28.9 Å². The predicted molar refractivity (Wildman–Crippen MR) is 190 cm³/mol. The molecule has 2 aliphatic carbocycles. The number of nitrogens with one attached hydrogen (secondary N) is 1. The zero-order valence-corrected chi connectivity index (χ0v) is 29.9. The lowest BCUT2D eigenvalue weighted by molar-refractivity contribution is -0.137. The molecule has 0 radical (unpaired) electrons. The molecule has 2 aromatic carbocycles. The number of nitrogens with zero attached hydrogens (tertiary/aromatic N) is 2. The van der Waals surface area contributed by atoms with Gasteiger partial charge in [-0.2, -0.15) is 5.10 Å². The average Bonchev–Trinajstić information content (AvgIpc) is 3.46. The van der Waals surface area contributed by atoms with Crippen LogP contribution in [0.5, 0.6) is 17.2 Å². The van der Waals surface area contributed by atoms with Crippen LogP contribution in [-0.4, -0.2) is 116 Å². The van der Waals surface area contributed by atoms with Crippen molar-refractivity contribution in [1.82, 2.24) is 10.3 Å². The Balaban J connectivity index is 1.29. The Morgan fingerprint density at radius 2 is 1.76 bits per heavy atom. The fraction of sp³-hybridized carbons (Fsp3) is 0.474. The van der Waals surface area contributed by atoms with Crippen LogP contribution in [0.2, 0.25) is 0 Å². The van der Waals surface area contributed by atoms with Gasteiger partial charge in [0.05, 0.1) is 54.4 Å². The highest BCUT2D eigenvalue weighted by atomic mass is 16.5. The van der Waals surface area contributed by atoms with Crippen molar-refractivity contribution in [1.29, 1.82) is 0 Å². The molecular formula is C38H44N4O12. The molecule has 4 aliphatic rings. The number of hydrazone groups is 1. The minimum absolute atomic E-state index is 0.0126. The molecule has 54 heavy (non-hydrogen) atoms. The highest BCUT2D eigenvalue weighted by Gasteiger charge is 2.49. The number of amides is 3. The lowest BCUT2D eigenvalue weighted by atomic mass is 9.67. The van der Waals surface area contributed by atoms with Crippen molar-refractivity contribution < 1.29 is 59.0 Å². The van der Waals surface area contributed by atoms with E-state index in [1.54, 1.807) is 6.92 Å². The summed E-state index contributed by atoms with van der Waals surface area (Å²) < 4.78 is 11.4. The summed E-state index contributed by atoms with van der Waals surface area (Å²) in [4.78, 5) is 65.2. The smallest absolute Gasteiger partial charge is 0.253 e. The summed E-state index contributed by atoms with van der Waals surface area (Å²) in [5, 5.41) is 60.8. The molecule has 6 atom stereocenters. The Hall–Kier alpha value is -5.00. The van der Waals surface area contributed by atoms with E-state index in [9.17, 15) is 49.5 Å². The molecule has 2 aromatic rings. The molecule has 8 N–H and O–H groups in total. The molecule has 2 heterocycles. The molecule has 0 spiro atoms. The molecule has 6 rings (SSSR count). The van der Waals surface area contributed by atoms with Gasteiger partial charge in [0.25, 0.3) is 11.8 Å². The lowest BCUT2D eigenvalue weighted by Gasteiger charge is -2.43. The van der Waals surface area contributed by atoms with E-state index in [4.69, 9.17) is 15.2 Å². The molecule has 3 amide bonds. The first-order chi connectivity index (χ1) is 25.7. The number of aliphatic hydroxyl groups excluding tert-OH is 2. The first-order valence-electron chi connectivity index (χ1n) is 17.9. The van der Waals surface area contributed by atoms with Gasteiger partial charge in [-0.1, -0.05) is 18.6 Å². The first kappa shape index (κ1) is 38.7. The van der Waals surface area contributed by atoms with Crippen LogP contribution in [0.25, 0.3) is 0 Å². The Kier molecular flexibility index (Phi) is 11.0. The molecule has 1 fully saturated rings. The maximum atomic E-state index is 14.0. The second-order valence-corrected chi connectivity index (χ2v) is 14.3. The number of imide groups is 1. The van der Waals surface area contributed by atoms with Crippen LogP contribution in [0.1, 0.15) is 101 Å². The standard InChI is InChI=1S/C38H44N4O12/c1-18-33(47)23(39)14-20(54-18)13-19-15-38(52,25(17-43)40-41-26(44)9-4-3-5-12-42-27(45)10-11-28(42)46)16-22-29(19)36(50)32-31(35(22)49)34(48)21-7-6-8-24(53-2)30(21)37(32)51/h6-8,10-11,18-20,23,33,43,47,49-50,52H,3-5,9,12-17,39H2,1-2H3,(H,41,44)/b40-25+/t18-,19-,20-,23-,33+,38+/m0/s1. The topological polar surface area (TPSA) is 259 Å². The highest BCUT2D eigenvalue weighted by molar-refractivity contribution is 6.31. The zero-order chi connectivity index (χ0) is 39.1. The van der Waals surface area contributed by atoms with E-state index in [2.05, 4.69) is 10.5 Å². The van der Waals surface area contributed by atoms with Crippen molar-refractivity contribution >= 4 is 35.0 Å². The number of ether oxygens (including phenoxy) is 2. The number of aliphatic hydroxyl groups is 3. The second-order valence-electron chi connectivity index (χ2n) is 14.3. The van der Waals surface area contributed by atoms with Crippen molar-refractivity contribution in [3.05, 3.63) is 63.7 Å². The number of nitrogens with two attached hydrogens (primary N) is 1. The van der Waals surface area contributed by atoms with Crippen molar-refractivity contribution in [2.24, 2.45) is 10.8 Å². The summed E-state index contributed by atoms with van der Waals surface area (Å²) in [5.74, 6) is -4.75. The number of phenolic OH excluding ortho intramolecular Hbond substituents is 2. The summed E-state index contributed by atoms with van der Waals surface area (Å²) in [6.45, 7) is 1.06. The van der Waals surface area contributed by atoms with E-state index >= 15 is 0 Å². The molecular weight excluding hydrogens is 704 g/mol. The number of rotatable bonds is 12. The molecule has 2 aliphatic heterocycles. The van der Waals surface area contributed by atoms with Crippen LogP contribution in [0.3, 0.4) is 0 Å². The summed E-state index contributed by atoms with van der Waals surface area (Å²) in [6.07, 6.45) is 1.22. The number of unbranched alkanes of at least 4 members (excludes halogenated alkanes) is 2. The number of hydrogen-bond donors (Lipinski definition) is 7. The Labute approximate surface area is 310 Å². The normalized spacial score (nSPS) is 26.4. The van der Waals surface area contributed by atoms with Crippen LogP contribution >= 0.6 is 0 Å². The van der Waals surface area contributed by atoms with Crippen molar-refractivity contribution in [2.45, 2.75) is 94.2 Å². The maximum absolute atomic E-state index is 14.0. The maximum Gasteiger partial charge on any atom is 0.253 e. The third kappa shape index (κ3) is 7.02. The second kappa shape index (κ2) is 15.4. The summed E-state index contributed by atoms with van der Waals surface area (Å²) in [6, 6.07) is 3.77. The predicted octanol–water partition coefficient (Wildman–Crippen LogP) is 0.848. The zero-order valence-electron chi connectivity index (χ0n) is 29.9. The number of hydrogen-bond acceptors (Lipinski definition) is 14. The van der Waals surface area contributed by atoms with E-state index in [0.29, 0.717) is 19.3 Å². The summed E-state index contributed by atoms with van der Waals surface area (Å²) in [7, 11) is 1.34. The number of carbonyl (C=O) groups excluding carboxylic acids is 5. The van der Waals surface area contributed by atoms with Gasteiger partial charge in [-0.15, -0.1) is 0 Å². The SMILES string of the molecule is COc1cccc2c1C(=O)c1c(O)c3c(c(O)c1C2=O)C[C@@](O)(/C(CO)=N/NC(=O)CCCCCN1C(=O)C=CC1=O)C[C@@H]3C[C@H]1C[C@H](N)[C@H](O)[C@H](C)O1. The third-order valence-electron chi connectivity index (χ3n) is 10.8. The minimum Gasteiger partial charge on any atom is -0.507 e. The highest BCUT2D eigenvalue weighted by Crippen LogP contribution is 2.53. The van der Waals surface area contributed by atoms with Gasteiger partial charge in [0.15, 0.2) is 5.78 Å². The number of ketones is 2. The van der Waals surface area contributed by atoms with Crippen LogP contribution < -0.4 is 15.9 Å². The Morgan fingerprint density at radius 3 is 2.43 bits per heavy atom. The number of carbonyl (C=O) groups is 5. The quantitative estimate of drug-likeness (QED) is 0.0446. The van der Waals surface area contributed by atoms with Crippen LogP contribution in [0, 0.1) is 0 Å². The molecule has 288 valence electrons. The number of aromatic hydroxyl groups is 2. The van der Waals surface area contributed by atoms with Gasteiger partial charge in [0.2, 0.25) is 11.7 Å². The average molecular weight is 749 g/mol. The third-order valence-corrected chi connectivity index (χ3v) is 10.8. The molecule has 0 aromatic heterocycles. The van der Waals surface area contributed by atoms with Gasteiger partial charge in [0.1, 0.15) is 22.8 Å². The van der Waals surface area contributed by atoms with Gasteiger partial charge in [-0.05, 0) is 51.0 Å². The largest absolute Gasteiger partial charge is 0.507 e. The monoisotopic (exact) mass is 748 g/mol. The Bertz CT molecular complexity index is 1930. The molecule has 0 bridgehead atoms. The van der Waals surface area contributed by atoms with E-state index in [1.165, 1.54) is 37.5 Å². The van der Waals surface area contributed by atoms with Gasteiger partial charge in [-0.25, -0.2) is 5.43 Å². The number of benzene rings is 2. The molecule has 1 saturated heterocycles. The minimum atomic E-state index is -2.04. The van der Waals surface area contributed by atoms with Crippen molar-refractivity contribution in [2.75, 3.05) is 20.3 Å². The van der Waals surface area contributed by atoms with Gasteiger partial charge < -0.3 is 40.7 Å². The fourth-order valence-electron chi connectivity index (χ4n) is 8.09. The van der Waals surface area contributed by atoms with Crippen LogP contribution in [0.15, 0.2) is 35.5 Å². The van der Waals surface area contributed by atoms with E-state index in [1.807, 2.05) is 0 Å². The summed E-state index contributed by atoms with van der Waals surface area (Å²) in [5.41, 5.74) is 5.34. The number of phenols is 2. The first-order valence-corrected chi connectivity index (χ1v) is 17.9. The van der Waals surface area contributed by atoms with Gasteiger partial charge in [0, 0.05) is 54.3 Å². The number of methoxy groups -OCH3 is 1. The molecule has 0 unspecified atom stereocenters. The van der Waals surface area contributed by atoms with Crippen molar-refractivity contribution in [3.8, 4) is 17.2 Å². The molecule has 16 heteroatoms. The molecule has 16 nitrogen and oxygen atoms in total. The van der Waals surface area contributed by atoms with E-state index in [0.717, 1.165) is 4.90 Å². The number of fused-ring (bicyclic) bond motifs is 3. The Morgan fingerprint density at radius 1 is 1.06 bits per heavy atom. The van der Waals surface area contributed by atoms with Gasteiger partial charge >= 0.3 is 0 Å². The van der Waals surface area contributed by atoms with Crippen LogP contribution in [-0.2, 0) is 25.5 Å². The fourth-order valence-corrected chi connectivity index (χ4v) is 8.09. The van der Waals surface area contributed by atoms with E-state index < -0.39 is 89.0 Å². The van der Waals surface area contributed by atoms with E-state index in [-0.39, 0.29) is 77.8 Å². The molecule has 0 saturated carbocycles. The summed E-state index contributed by atoms with van der Waals surface area (Å²) >= 11 is 0. The lowest BCUT2D eigenvalue weighted by Crippen LogP contribution is -2.52. The van der Waals surface area contributed by atoms with Crippen molar-refractivity contribution in [3.63, 3.8) is 0 Å². The van der Waals surface area contributed by atoms with Crippen LogP contribution in [0.4, 0.5) is 0 Å².